The molecule has 0 unspecified atom stereocenters. The molecular formula is C18H16FN3O3S. The van der Waals surface area contributed by atoms with E-state index in [9.17, 15) is 9.18 Å². The number of aromatic nitrogens is 2. The van der Waals surface area contributed by atoms with E-state index in [1.165, 1.54) is 12.1 Å². The van der Waals surface area contributed by atoms with Crippen LogP contribution in [-0.2, 0) is 11.3 Å². The normalized spacial score (nSPS) is 10.5. The first kappa shape index (κ1) is 18.0. The fourth-order valence-electron chi connectivity index (χ4n) is 2.11. The summed E-state index contributed by atoms with van der Waals surface area (Å²) in [5.74, 6) is 0.546. The third-order valence-electron chi connectivity index (χ3n) is 3.36. The number of halogens is 1. The smallest absolute Gasteiger partial charge is 0.298 e. The molecule has 0 atom stereocenters. The van der Waals surface area contributed by atoms with E-state index in [2.05, 4.69) is 14.8 Å². The molecule has 26 heavy (non-hydrogen) atoms. The monoisotopic (exact) mass is 373 g/mol. The van der Waals surface area contributed by atoms with Crippen LogP contribution in [-0.4, -0.2) is 21.9 Å². The van der Waals surface area contributed by atoms with Crippen molar-refractivity contribution in [2.45, 2.75) is 13.3 Å². The van der Waals surface area contributed by atoms with Gasteiger partial charge in [-0.25, -0.2) is 9.87 Å². The average molecular weight is 373 g/mol. The van der Waals surface area contributed by atoms with Crippen LogP contribution in [0.4, 0.5) is 4.39 Å². The van der Waals surface area contributed by atoms with Gasteiger partial charge in [0.2, 0.25) is 0 Å². The molecule has 1 N–H and O–H groups in total. The van der Waals surface area contributed by atoms with E-state index < -0.39 is 0 Å². The van der Waals surface area contributed by atoms with Crippen LogP contribution < -0.4 is 10.2 Å². The molecule has 0 aliphatic carbocycles. The fourth-order valence-corrected chi connectivity index (χ4v) is 2.68. The van der Waals surface area contributed by atoms with Crippen molar-refractivity contribution in [3.8, 4) is 10.9 Å². The molecule has 0 fully saturated rings. The van der Waals surface area contributed by atoms with Crippen LogP contribution in [0.5, 0.6) is 10.9 Å². The number of nitrogens with one attached hydrogen (secondary N) is 1. The molecule has 2 aromatic carbocycles. The molecule has 6 nitrogen and oxygen atoms in total. The first-order valence-electron chi connectivity index (χ1n) is 7.91. The van der Waals surface area contributed by atoms with Gasteiger partial charge in [0.1, 0.15) is 11.6 Å². The van der Waals surface area contributed by atoms with Crippen molar-refractivity contribution in [3.05, 3.63) is 71.3 Å². The average Bonchev–Trinajstić information content (AvgIpc) is 3.09. The topological polar surface area (TPSA) is 73.3 Å². The van der Waals surface area contributed by atoms with Crippen LogP contribution in [0.1, 0.15) is 28.7 Å². The Balaban J connectivity index is 1.60. The largest absolute Gasteiger partial charge is 0.430 e. The number of ether oxygens (including phenoxy) is 1. The molecule has 1 heterocycles. The van der Waals surface area contributed by atoms with Gasteiger partial charge >= 0.3 is 0 Å². The number of rotatable bonds is 7. The second-order valence-corrected chi connectivity index (χ2v) is 5.98. The molecule has 134 valence electrons. The second kappa shape index (κ2) is 8.50. The molecule has 0 bridgehead atoms. The number of amides is 1. The minimum Gasteiger partial charge on any atom is -0.430 e. The van der Waals surface area contributed by atoms with Crippen LogP contribution in [0.15, 0.2) is 48.5 Å². The van der Waals surface area contributed by atoms with Gasteiger partial charge in [-0.15, -0.1) is 0 Å². The van der Waals surface area contributed by atoms with Gasteiger partial charge in [0.05, 0.1) is 6.61 Å². The van der Waals surface area contributed by atoms with E-state index in [4.69, 9.17) is 9.57 Å². The summed E-state index contributed by atoms with van der Waals surface area (Å²) in [7, 11) is 0. The van der Waals surface area contributed by atoms with E-state index in [0.717, 1.165) is 17.1 Å². The summed E-state index contributed by atoms with van der Waals surface area (Å²) in [4.78, 5) is 20.9. The Morgan fingerprint density at radius 1 is 1.15 bits per heavy atom. The van der Waals surface area contributed by atoms with E-state index in [-0.39, 0.29) is 11.7 Å². The van der Waals surface area contributed by atoms with Crippen molar-refractivity contribution in [1.29, 1.82) is 0 Å². The lowest BCUT2D eigenvalue weighted by Gasteiger charge is -2.05. The Bertz CT molecular complexity index is 866. The molecule has 8 heteroatoms. The third-order valence-corrected chi connectivity index (χ3v) is 3.99. The molecule has 0 saturated heterocycles. The Labute approximate surface area is 153 Å². The molecule has 1 aromatic heterocycles. The summed E-state index contributed by atoms with van der Waals surface area (Å²) in [5.41, 5.74) is 3.70. The number of carbonyl (C=O) groups excluding carboxylic acids is 1. The third kappa shape index (κ3) is 4.84. The maximum absolute atomic E-state index is 12.9. The highest BCUT2D eigenvalue weighted by Crippen LogP contribution is 2.24. The molecule has 3 rings (SSSR count). The lowest BCUT2D eigenvalue weighted by atomic mass is 10.1. The van der Waals surface area contributed by atoms with Crippen LogP contribution in [0.25, 0.3) is 0 Å². The van der Waals surface area contributed by atoms with Crippen molar-refractivity contribution in [1.82, 2.24) is 14.8 Å². The Morgan fingerprint density at radius 3 is 2.58 bits per heavy atom. The van der Waals surface area contributed by atoms with E-state index in [1.807, 2.05) is 0 Å². The van der Waals surface area contributed by atoms with Crippen molar-refractivity contribution < 1.29 is 18.8 Å². The maximum atomic E-state index is 12.9. The minimum atomic E-state index is -0.323. The van der Waals surface area contributed by atoms with Gasteiger partial charge in [0, 0.05) is 23.5 Å². The van der Waals surface area contributed by atoms with Crippen molar-refractivity contribution in [3.63, 3.8) is 0 Å². The summed E-state index contributed by atoms with van der Waals surface area (Å²) >= 11 is 1.13. The van der Waals surface area contributed by atoms with Gasteiger partial charge < -0.3 is 4.74 Å². The molecule has 3 aromatic rings. The zero-order chi connectivity index (χ0) is 18.4. The minimum absolute atomic E-state index is 0.276. The summed E-state index contributed by atoms with van der Waals surface area (Å²) in [6.07, 6.45) is 0.497. The van der Waals surface area contributed by atoms with E-state index in [1.54, 1.807) is 43.3 Å². The molecule has 0 radical (unpaired) electrons. The summed E-state index contributed by atoms with van der Waals surface area (Å²) in [6, 6.07) is 12.8. The zero-order valence-corrected chi connectivity index (χ0v) is 14.8. The number of benzene rings is 2. The first-order chi connectivity index (χ1) is 12.6. The lowest BCUT2D eigenvalue weighted by Crippen LogP contribution is -2.23. The highest BCUT2D eigenvalue weighted by atomic mass is 32.1. The standard InChI is InChI=1S/C18H16FN3O3S/c1-2-24-21-17(23)13-5-9-15(10-6-13)25-18-20-16(22-26-18)11-12-3-7-14(19)8-4-12/h3-10H,2,11H2,1H3,(H,21,23). The summed E-state index contributed by atoms with van der Waals surface area (Å²) in [5, 5.41) is 0.397. The summed E-state index contributed by atoms with van der Waals surface area (Å²) < 4.78 is 22.8. The Kier molecular flexibility index (Phi) is 5.88. The molecular weight excluding hydrogens is 357 g/mol. The predicted octanol–water partition coefficient (Wildman–Crippen LogP) is 3.74. The van der Waals surface area contributed by atoms with Gasteiger partial charge in [0.15, 0.2) is 5.82 Å². The fraction of sp³-hybridized carbons (Fsp3) is 0.167. The molecule has 0 aliphatic heterocycles. The SMILES string of the molecule is CCONC(=O)c1ccc(Oc2nc(Cc3ccc(F)cc3)ns2)cc1. The highest BCUT2D eigenvalue weighted by Gasteiger charge is 2.09. The predicted molar refractivity (Wildman–Crippen MR) is 94.7 cm³/mol. The van der Waals surface area contributed by atoms with E-state index >= 15 is 0 Å². The van der Waals surface area contributed by atoms with Crippen molar-refractivity contribution >= 4 is 17.4 Å². The zero-order valence-electron chi connectivity index (χ0n) is 13.9. The van der Waals surface area contributed by atoms with E-state index in [0.29, 0.717) is 35.4 Å². The number of hydrogen-bond acceptors (Lipinski definition) is 6. The lowest BCUT2D eigenvalue weighted by molar-refractivity contribution is 0.0364. The number of hydroxylamine groups is 1. The van der Waals surface area contributed by atoms with Crippen molar-refractivity contribution in [2.24, 2.45) is 0 Å². The number of hydrogen-bond donors (Lipinski definition) is 1. The van der Waals surface area contributed by atoms with Crippen LogP contribution in [0, 0.1) is 5.82 Å². The van der Waals surface area contributed by atoms with Gasteiger partial charge in [-0.1, -0.05) is 12.1 Å². The Hall–Kier alpha value is -2.84. The Morgan fingerprint density at radius 2 is 1.88 bits per heavy atom. The summed E-state index contributed by atoms with van der Waals surface area (Å²) in [6.45, 7) is 2.17. The van der Waals surface area contributed by atoms with Crippen LogP contribution in [0.2, 0.25) is 0 Å². The molecule has 0 aliphatic rings. The molecule has 0 spiro atoms. The second-order valence-electron chi connectivity index (χ2n) is 5.27. The number of nitrogens with zero attached hydrogens (tertiary/aromatic N) is 2. The first-order valence-corrected chi connectivity index (χ1v) is 8.68. The van der Waals surface area contributed by atoms with Crippen molar-refractivity contribution in [2.75, 3.05) is 6.61 Å². The molecule has 0 saturated carbocycles. The molecule has 1 amide bonds. The van der Waals surface area contributed by atoms with Gasteiger partial charge in [0.25, 0.3) is 11.1 Å². The highest BCUT2D eigenvalue weighted by molar-refractivity contribution is 7.07. The number of carbonyl (C=O) groups is 1. The van der Waals surface area contributed by atoms with Gasteiger partial charge in [-0.3, -0.25) is 9.63 Å². The van der Waals surface area contributed by atoms with Crippen LogP contribution >= 0.6 is 11.5 Å². The van der Waals surface area contributed by atoms with Crippen LogP contribution in [0.3, 0.4) is 0 Å². The maximum Gasteiger partial charge on any atom is 0.298 e. The quantitative estimate of drug-likeness (QED) is 0.639. The van der Waals surface area contributed by atoms with Gasteiger partial charge in [-0.2, -0.15) is 9.36 Å². The van der Waals surface area contributed by atoms with Gasteiger partial charge in [-0.05, 0) is 48.9 Å².